The molecule has 3 heteroatoms. The Bertz CT molecular complexity index is 542. The summed E-state index contributed by atoms with van der Waals surface area (Å²) in [5.41, 5.74) is 2.21. The van der Waals surface area contributed by atoms with Crippen LogP contribution in [0.15, 0.2) is 54.6 Å². The molecule has 21 heavy (non-hydrogen) atoms. The second kappa shape index (κ2) is 7.79. The molecule has 1 unspecified atom stereocenters. The minimum absolute atomic E-state index is 0.174. The normalized spacial score (nSPS) is 12.1. The lowest BCUT2D eigenvalue weighted by molar-refractivity contribution is 0.512. The maximum atomic E-state index is 13.4. The fraction of sp³-hybridized carbons (Fsp3) is 0.333. The van der Waals surface area contributed by atoms with Crippen LogP contribution in [-0.4, -0.2) is 20.1 Å². The topological polar surface area (TPSA) is 15.3 Å². The van der Waals surface area contributed by atoms with Gasteiger partial charge in [0.1, 0.15) is 5.82 Å². The fourth-order valence-corrected chi connectivity index (χ4v) is 2.49. The van der Waals surface area contributed by atoms with Gasteiger partial charge in [-0.15, -0.1) is 0 Å². The molecule has 0 bridgehead atoms. The lowest BCUT2D eigenvalue weighted by Crippen LogP contribution is -2.27. The molecular formula is C18H23FN2. The Balaban J connectivity index is 2.00. The third kappa shape index (κ3) is 4.57. The highest BCUT2D eigenvalue weighted by atomic mass is 19.1. The van der Waals surface area contributed by atoms with Crippen molar-refractivity contribution in [3.8, 4) is 0 Å². The number of para-hydroxylation sites is 1. The Morgan fingerprint density at radius 1 is 1.10 bits per heavy atom. The van der Waals surface area contributed by atoms with Crippen molar-refractivity contribution in [1.29, 1.82) is 0 Å². The Morgan fingerprint density at radius 3 is 2.52 bits per heavy atom. The molecular weight excluding hydrogens is 263 g/mol. The van der Waals surface area contributed by atoms with E-state index in [-0.39, 0.29) is 11.9 Å². The van der Waals surface area contributed by atoms with Gasteiger partial charge in [-0.1, -0.05) is 37.3 Å². The predicted molar refractivity (Wildman–Crippen MR) is 87.1 cm³/mol. The molecule has 0 aliphatic rings. The standard InChI is InChI=1S/C18H23FN2/c1-3-20-18(15-8-7-9-16(19)14-15)12-13-21(2)17-10-5-4-6-11-17/h4-11,14,18,20H,3,12-13H2,1-2H3. The third-order valence-corrected chi connectivity index (χ3v) is 3.65. The first kappa shape index (κ1) is 15.5. The molecule has 0 aromatic heterocycles. The Morgan fingerprint density at radius 2 is 1.86 bits per heavy atom. The number of nitrogens with one attached hydrogen (secondary N) is 1. The van der Waals surface area contributed by atoms with Gasteiger partial charge in [0.05, 0.1) is 0 Å². The molecule has 2 nitrogen and oxygen atoms in total. The van der Waals surface area contributed by atoms with Gasteiger partial charge in [-0.05, 0) is 42.8 Å². The molecule has 112 valence electrons. The van der Waals surface area contributed by atoms with Gasteiger partial charge in [0.2, 0.25) is 0 Å². The smallest absolute Gasteiger partial charge is 0.123 e. The number of benzene rings is 2. The zero-order valence-electron chi connectivity index (χ0n) is 12.7. The molecule has 0 saturated carbocycles. The lowest BCUT2D eigenvalue weighted by Gasteiger charge is -2.24. The SMILES string of the molecule is CCNC(CCN(C)c1ccccc1)c1cccc(F)c1. The van der Waals surface area contributed by atoms with Crippen LogP contribution in [0.4, 0.5) is 10.1 Å². The molecule has 0 saturated heterocycles. The van der Waals surface area contributed by atoms with Gasteiger partial charge in [-0.25, -0.2) is 4.39 Å². The predicted octanol–water partition coefficient (Wildman–Crippen LogP) is 4.00. The van der Waals surface area contributed by atoms with Crippen LogP contribution in [0, 0.1) is 5.82 Å². The summed E-state index contributed by atoms with van der Waals surface area (Å²) in [7, 11) is 2.09. The fourth-order valence-electron chi connectivity index (χ4n) is 2.49. The zero-order chi connectivity index (χ0) is 15.1. The minimum Gasteiger partial charge on any atom is -0.375 e. The van der Waals surface area contributed by atoms with Crippen molar-refractivity contribution in [3.63, 3.8) is 0 Å². The van der Waals surface area contributed by atoms with E-state index >= 15 is 0 Å². The molecule has 0 radical (unpaired) electrons. The van der Waals surface area contributed by atoms with Crippen LogP contribution in [-0.2, 0) is 0 Å². The highest BCUT2D eigenvalue weighted by Gasteiger charge is 2.12. The van der Waals surface area contributed by atoms with Crippen molar-refractivity contribution in [2.75, 3.05) is 25.0 Å². The molecule has 1 atom stereocenters. The summed E-state index contributed by atoms with van der Waals surface area (Å²) >= 11 is 0. The monoisotopic (exact) mass is 286 g/mol. The molecule has 2 aromatic rings. The van der Waals surface area contributed by atoms with Crippen molar-refractivity contribution in [2.24, 2.45) is 0 Å². The van der Waals surface area contributed by atoms with Gasteiger partial charge in [0.25, 0.3) is 0 Å². The van der Waals surface area contributed by atoms with Gasteiger partial charge in [-0.3, -0.25) is 0 Å². The largest absolute Gasteiger partial charge is 0.375 e. The molecule has 0 aliphatic heterocycles. The van der Waals surface area contributed by atoms with Gasteiger partial charge in [0, 0.05) is 25.3 Å². The van der Waals surface area contributed by atoms with E-state index < -0.39 is 0 Å². The van der Waals surface area contributed by atoms with E-state index in [1.165, 1.54) is 11.8 Å². The summed E-state index contributed by atoms with van der Waals surface area (Å²) in [6, 6.07) is 17.4. The van der Waals surface area contributed by atoms with Crippen molar-refractivity contribution < 1.29 is 4.39 Å². The summed E-state index contributed by atoms with van der Waals surface area (Å²) in [6.07, 6.45) is 0.933. The summed E-state index contributed by atoms with van der Waals surface area (Å²) in [5.74, 6) is -0.174. The number of halogens is 1. The van der Waals surface area contributed by atoms with Crippen molar-refractivity contribution in [1.82, 2.24) is 5.32 Å². The van der Waals surface area contributed by atoms with Crippen LogP contribution < -0.4 is 10.2 Å². The molecule has 0 spiro atoms. The second-order valence-electron chi connectivity index (χ2n) is 5.21. The molecule has 0 amide bonds. The Kier molecular flexibility index (Phi) is 5.76. The van der Waals surface area contributed by atoms with Crippen LogP contribution in [0.5, 0.6) is 0 Å². The number of nitrogens with zero attached hydrogens (tertiary/aromatic N) is 1. The Labute approximate surface area is 126 Å². The van der Waals surface area contributed by atoms with E-state index in [0.29, 0.717) is 0 Å². The average molecular weight is 286 g/mol. The van der Waals surface area contributed by atoms with Crippen LogP contribution in [0.1, 0.15) is 24.9 Å². The lowest BCUT2D eigenvalue weighted by atomic mass is 10.0. The second-order valence-corrected chi connectivity index (χ2v) is 5.21. The van der Waals surface area contributed by atoms with E-state index in [0.717, 1.165) is 25.1 Å². The number of anilines is 1. The van der Waals surface area contributed by atoms with Crippen LogP contribution in [0.25, 0.3) is 0 Å². The van der Waals surface area contributed by atoms with E-state index in [1.807, 2.05) is 24.3 Å². The van der Waals surface area contributed by atoms with Crippen LogP contribution in [0.2, 0.25) is 0 Å². The molecule has 2 rings (SSSR count). The molecule has 2 aromatic carbocycles. The highest BCUT2D eigenvalue weighted by Crippen LogP contribution is 2.20. The summed E-state index contributed by atoms with van der Waals surface area (Å²) in [4.78, 5) is 2.23. The summed E-state index contributed by atoms with van der Waals surface area (Å²) in [5, 5.41) is 3.44. The summed E-state index contributed by atoms with van der Waals surface area (Å²) in [6.45, 7) is 3.86. The molecule has 1 N–H and O–H groups in total. The van der Waals surface area contributed by atoms with Crippen molar-refractivity contribution >= 4 is 5.69 Å². The van der Waals surface area contributed by atoms with E-state index in [9.17, 15) is 4.39 Å². The molecule has 0 heterocycles. The average Bonchev–Trinajstić information content (AvgIpc) is 2.52. The van der Waals surface area contributed by atoms with Gasteiger partial charge >= 0.3 is 0 Å². The highest BCUT2D eigenvalue weighted by molar-refractivity contribution is 5.44. The minimum atomic E-state index is -0.174. The van der Waals surface area contributed by atoms with Crippen molar-refractivity contribution in [2.45, 2.75) is 19.4 Å². The zero-order valence-corrected chi connectivity index (χ0v) is 12.7. The number of rotatable bonds is 7. The number of hydrogen-bond donors (Lipinski definition) is 1. The first-order valence-electron chi connectivity index (χ1n) is 7.45. The molecule has 0 aliphatic carbocycles. The number of hydrogen-bond acceptors (Lipinski definition) is 2. The van der Waals surface area contributed by atoms with Gasteiger partial charge in [0.15, 0.2) is 0 Å². The van der Waals surface area contributed by atoms with Crippen molar-refractivity contribution in [3.05, 3.63) is 66.0 Å². The molecule has 0 fully saturated rings. The maximum Gasteiger partial charge on any atom is 0.123 e. The van der Waals surface area contributed by atoms with Gasteiger partial charge in [-0.2, -0.15) is 0 Å². The van der Waals surface area contributed by atoms with Gasteiger partial charge < -0.3 is 10.2 Å². The maximum absolute atomic E-state index is 13.4. The Hall–Kier alpha value is -1.87. The third-order valence-electron chi connectivity index (χ3n) is 3.65. The van der Waals surface area contributed by atoms with Crippen LogP contribution in [0.3, 0.4) is 0 Å². The van der Waals surface area contributed by atoms with E-state index in [4.69, 9.17) is 0 Å². The van der Waals surface area contributed by atoms with E-state index in [2.05, 4.69) is 36.3 Å². The van der Waals surface area contributed by atoms with Crippen LogP contribution >= 0.6 is 0 Å². The summed E-state index contributed by atoms with van der Waals surface area (Å²) < 4.78 is 13.4. The quantitative estimate of drug-likeness (QED) is 0.827. The first-order chi connectivity index (χ1) is 10.2. The van der Waals surface area contributed by atoms with E-state index in [1.54, 1.807) is 12.1 Å². The first-order valence-corrected chi connectivity index (χ1v) is 7.45.